The molecule has 0 atom stereocenters. The monoisotopic (exact) mass is 518 g/mol. The fourth-order valence-electron chi connectivity index (χ4n) is 3.99. The summed E-state index contributed by atoms with van der Waals surface area (Å²) < 4.78 is 8.70. The minimum Gasteiger partial charge on any atom is -0.192 e. The van der Waals surface area contributed by atoms with Gasteiger partial charge in [-0.25, -0.2) is 0 Å². The second-order valence-corrected chi connectivity index (χ2v) is 13.1. The standard InChI is InChI=1S/C26H22N4S4/c1-13(2)5-7-17-19(15(9-27)10-28)31-23-21(17)33-26-24-22(34-25(23)26)18(8-6-14(3)4)20(32-24)16(11-29)12-30/h13-14H,5-8H2,1-4H3. The van der Waals surface area contributed by atoms with Gasteiger partial charge in [-0.3, -0.25) is 0 Å². The minimum atomic E-state index is 0.195. The van der Waals surface area contributed by atoms with Gasteiger partial charge in [-0.2, -0.15) is 21.0 Å². The van der Waals surface area contributed by atoms with E-state index in [-0.39, 0.29) is 11.1 Å². The zero-order chi connectivity index (χ0) is 24.6. The van der Waals surface area contributed by atoms with Gasteiger partial charge in [0.2, 0.25) is 0 Å². The van der Waals surface area contributed by atoms with Crippen LogP contribution in [0.25, 0.3) is 39.3 Å². The van der Waals surface area contributed by atoms with Gasteiger partial charge in [0.05, 0.1) is 37.3 Å². The lowest BCUT2D eigenvalue weighted by Gasteiger charge is -2.03. The van der Waals surface area contributed by atoms with E-state index in [4.69, 9.17) is 0 Å². The Hall–Kier alpha value is -2.72. The molecule has 0 bridgehead atoms. The maximum Gasteiger partial charge on any atom is 0.147 e. The number of rotatable bonds is 6. The van der Waals surface area contributed by atoms with E-state index < -0.39 is 0 Å². The Kier molecular flexibility index (Phi) is 7.09. The quantitative estimate of drug-likeness (QED) is 0.275. The van der Waals surface area contributed by atoms with Crippen LogP contribution < -0.4 is 9.06 Å². The third-order valence-corrected chi connectivity index (χ3v) is 11.5. The Labute approximate surface area is 214 Å². The van der Waals surface area contributed by atoms with Crippen molar-refractivity contribution in [3.8, 4) is 24.3 Å². The summed E-state index contributed by atoms with van der Waals surface area (Å²) in [4.78, 5) is 0. The normalized spacial score (nSPS) is 11.2. The van der Waals surface area contributed by atoms with E-state index in [0.29, 0.717) is 11.8 Å². The molecule has 0 fully saturated rings. The van der Waals surface area contributed by atoms with Crippen LogP contribution in [0.4, 0.5) is 0 Å². The zero-order valence-corrected chi connectivity index (χ0v) is 22.7. The number of aryl methyl sites for hydroxylation is 2. The van der Waals surface area contributed by atoms with Gasteiger partial charge in [0.15, 0.2) is 0 Å². The summed E-state index contributed by atoms with van der Waals surface area (Å²) in [6.45, 7) is 8.74. The van der Waals surface area contributed by atoms with Gasteiger partial charge in [-0.1, -0.05) is 27.7 Å². The molecule has 34 heavy (non-hydrogen) atoms. The maximum absolute atomic E-state index is 9.56. The van der Waals surface area contributed by atoms with Crippen LogP contribution in [0.5, 0.6) is 0 Å². The molecule has 170 valence electrons. The summed E-state index contributed by atoms with van der Waals surface area (Å²) in [5.41, 5.74) is 2.62. The van der Waals surface area contributed by atoms with E-state index in [1.165, 1.54) is 18.8 Å². The molecule has 4 aromatic rings. The largest absolute Gasteiger partial charge is 0.192 e. The first-order chi connectivity index (χ1) is 16.3. The Morgan fingerprint density at radius 2 is 0.882 bits per heavy atom. The molecule has 0 saturated heterocycles. The third kappa shape index (κ3) is 4.13. The van der Waals surface area contributed by atoms with Crippen molar-refractivity contribution in [2.45, 2.75) is 53.4 Å². The first-order valence-corrected chi connectivity index (χ1v) is 14.4. The first-order valence-electron chi connectivity index (χ1n) is 11.1. The van der Waals surface area contributed by atoms with Crippen molar-refractivity contribution in [3.63, 3.8) is 0 Å². The molecule has 0 unspecified atom stereocenters. The van der Waals surface area contributed by atoms with Crippen molar-refractivity contribution in [1.29, 1.82) is 21.0 Å². The van der Waals surface area contributed by atoms with Crippen molar-refractivity contribution in [2.75, 3.05) is 0 Å². The second-order valence-electron chi connectivity index (χ2n) is 9.06. The van der Waals surface area contributed by atoms with Gasteiger partial charge in [0.1, 0.15) is 35.4 Å². The highest BCUT2D eigenvalue weighted by atomic mass is 32.1. The van der Waals surface area contributed by atoms with Gasteiger partial charge in [-0.05, 0) is 48.6 Å². The Morgan fingerprint density at radius 3 is 1.18 bits per heavy atom. The van der Waals surface area contributed by atoms with Gasteiger partial charge >= 0.3 is 0 Å². The fourth-order valence-corrected chi connectivity index (χ4v) is 10.1. The number of hydrogen-bond donors (Lipinski definition) is 0. The molecule has 4 heterocycles. The molecule has 8 heteroatoms. The van der Waals surface area contributed by atoms with E-state index >= 15 is 0 Å². The van der Waals surface area contributed by atoms with Crippen molar-refractivity contribution >= 4 is 84.7 Å². The average Bonchev–Trinajstić information content (AvgIpc) is 3.51. The average molecular weight is 519 g/mol. The molecular formula is C26H22N4S4. The fraction of sp³-hybridized carbons (Fsp3) is 0.385. The molecule has 0 N–H and O–H groups in total. The molecule has 0 aliphatic carbocycles. The third-order valence-electron chi connectivity index (χ3n) is 5.79. The molecular weight excluding hydrogens is 497 g/mol. The predicted molar refractivity (Wildman–Crippen MR) is 145 cm³/mol. The topological polar surface area (TPSA) is 95.2 Å². The molecule has 0 aliphatic heterocycles. The van der Waals surface area contributed by atoms with E-state index in [1.807, 2.05) is 0 Å². The summed E-state index contributed by atoms with van der Waals surface area (Å²) in [5.74, 6) is 1.05. The van der Waals surface area contributed by atoms with Crippen LogP contribution in [0, 0.1) is 57.2 Å². The van der Waals surface area contributed by atoms with Crippen molar-refractivity contribution in [1.82, 2.24) is 0 Å². The van der Waals surface area contributed by atoms with Crippen LogP contribution in [-0.4, -0.2) is 0 Å². The van der Waals surface area contributed by atoms with Crippen LogP contribution in [-0.2, 0) is 12.8 Å². The predicted octanol–water partition coefficient (Wildman–Crippen LogP) is 6.97. The smallest absolute Gasteiger partial charge is 0.147 e. The molecule has 0 aliphatic rings. The molecule has 4 nitrogen and oxygen atoms in total. The van der Waals surface area contributed by atoms with Crippen molar-refractivity contribution in [3.05, 3.63) is 20.2 Å². The number of nitriles is 4. The van der Waals surface area contributed by atoms with Gasteiger partial charge in [0, 0.05) is 0 Å². The Balaban J connectivity index is 2.07. The summed E-state index contributed by atoms with van der Waals surface area (Å²) in [6.07, 6.45) is 3.67. The number of hydrogen-bond acceptors (Lipinski definition) is 8. The summed E-state index contributed by atoms with van der Waals surface area (Å²) in [5, 5.41) is 38.2. The van der Waals surface area contributed by atoms with Crippen LogP contribution >= 0.6 is 45.3 Å². The zero-order valence-electron chi connectivity index (χ0n) is 19.4. The van der Waals surface area contributed by atoms with Gasteiger partial charge in [0.25, 0.3) is 0 Å². The van der Waals surface area contributed by atoms with E-state index in [2.05, 4.69) is 52.0 Å². The van der Waals surface area contributed by atoms with Gasteiger partial charge in [-0.15, -0.1) is 45.3 Å². The molecule has 0 saturated carbocycles. The summed E-state index contributed by atoms with van der Waals surface area (Å²) in [6, 6.07) is 8.39. The highest BCUT2D eigenvalue weighted by Crippen LogP contribution is 2.49. The lowest BCUT2D eigenvalue weighted by Crippen LogP contribution is -2.07. The van der Waals surface area contributed by atoms with Crippen LogP contribution in [0.3, 0.4) is 0 Å². The summed E-state index contributed by atoms with van der Waals surface area (Å²) in [7, 11) is 0. The minimum absolute atomic E-state index is 0.195. The van der Waals surface area contributed by atoms with E-state index in [1.54, 1.807) is 45.3 Å². The molecule has 0 spiro atoms. The highest BCUT2D eigenvalue weighted by Gasteiger charge is 2.23. The van der Waals surface area contributed by atoms with E-state index in [0.717, 1.165) is 55.3 Å². The number of fused-ring (bicyclic) bond motifs is 5. The summed E-state index contributed by atoms with van der Waals surface area (Å²) >= 11 is 6.59. The highest BCUT2D eigenvalue weighted by molar-refractivity contribution is 7.44. The van der Waals surface area contributed by atoms with Crippen LogP contribution in [0.2, 0.25) is 0 Å². The van der Waals surface area contributed by atoms with Gasteiger partial charge < -0.3 is 0 Å². The molecule has 0 aromatic carbocycles. The number of thiophene rings is 4. The molecule has 0 amide bonds. The molecule has 4 rings (SSSR count). The Bertz CT molecular complexity index is 1550. The lowest BCUT2D eigenvalue weighted by atomic mass is 10.0. The molecule has 0 radical (unpaired) electrons. The first kappa shape index (κ1) is 24.4. The number of nitrogens with zero attached hydrogens (tertiary/aromatic N) is 4. The second kappa shape index (κ2) is 9.87. The van der Waals surface area contributed by atoms with E-state index in [9.17, 15) is 21.0 Å². The maximum atomic E-state index is 9.56. The van der Waals surface area contributed by atoms with Crippen molar-refractivity contribution < 1.29 is 0 Å². The van der Waals surface area contributed by atoms with Crippen LogP contribution in [0.15, 0.2) is 0 Å². The van der Waals surface area contributed by atoms with Crippen molar-refractivity contribution in [2.24, 2.45) is 11.8 Å². The SMILES string of the molecule is CC(C)CCc1c(=C(C#N)C#N)sc2c1sc1c3sc(=C(C#N)C#N)c(CCC(C)C)c3sc21. The Morgan fingerprint density at radius 1 is 0.559 bits per heavy atom. The lowest BCUT2D eigenvalue weighted by molar-refractivity contribution is 0.588. The molecule has 4 aromatic heterocycles. The van der Waals surface area contributed by atoms with Crippen LogP contribution in [0.1, 0.15) is 51.7 Å².